The molecule has 0 aliphatic heterocycles. The highest BCUT2D eigenvalue weighted by Gasteiger charge is 2.07. The number of halogens is 1. The zero-order chi connectivity index (χ0) is 17.6. The largest absolute Gasteiger partial charge is 0.380 e. The third-order valence-corrected chi connectivity index (χ3v) is 3.97. The van der Waals surface area contributed by atoms with Crippen molar-refractivity contribution in [1.29, 1.82) is 0 Å². The minimum atomic E-state index is -0.257. The van der Waals surface area contributed by atoms with E-state index in [4.69, 9.17) is 11.6 Å². The van der Waals surface area contributed by atoms with Crippen LogP contribution in [0.3, 0.4) is 0 Å². The first-order valence-electron chi connectivity index (χ1n) is 7.92. The van der Waals surface area contributed by atoms with Gasteiger partial charge >= 0.3 is 0 Å². The molecule has 0 atom stereocenters. The predicted octanol–water partition coefficient (Wildman–Crippen LogP) is 4.91. The minimum absolute atomic E-state index is 0.257. The molecule has 5 heteroatoms. The van der Waals surface area contributed by atoms with E-state index in [9.17, 15) is 4.79 Å². The van der Waals surface area contributed by atoms with Gasteiger partial charge in [0.2, 0.25) is 0 Å². The third kappa shape index (κ3) is 4.81. The number of anilines is 2. The van der Waals surface area contributed by atoms with E-state index in [1.54, 1.807) is 36.5 Å². The molecule has 0 aliphatic carbocycles. The molecule has 2 aromatic carbocycles. The summed E-state index contributed by atoms with van der Waals surface area (Å²) in [5.74, 6) is -0.257. The van der Waals surface area contributed by atoms with E-state index in [1.165, 1.54) is 11.1 Å². The molecule has 126 valence electrons. The van der Waals surface area contributed by atoms with Crippen LogP contribution < -0.4 is 10.6 Å². The van der Waals surface area contributed by atoms with E-state index in [2.05, 4.69) is 46.8 Å². The summed E-state index contributed by atoms with van der Waals surface area (Å²) in [6, 6.07) is 18.8. The van der Waals surface area contributed by atoms with Gasteiger partial charge in [-0.15, -0.1) is 0 Å². The number of rotatable bonds is 5. The van der Waals surface area contributed by atoms with Crippen LogP contribution in [0, 0.1) is 6.92 Å². The molecule has 0 unspecified atom stereocenters. The number of benzene rings is 2. The molecular formula is C20H18ClN3O. The summed E-state index contributed by atoms with van der Waals surface area (Å²) in [4.78, 5) is 16.4. The summed E-state index contributed by atoms with van der Waals surface area (Å²) in [6.07, 6.45) is 1.66. The van der Waals surface area contributed by atoms with Crippen molar-refractivity contribution in [3.8, 4) is 0 Å². The summed E-state index contributed by atoms with van der Waals surface area (Å²) in [6.45, 7) is 2.77. The molecule has 1 aromatic heterocycles. The van der Waals surface area contributed by atoms with Gasteiger partial charge in [-0.25, -0.2) is 4.98 Å². The molecule has 1 amide bonds. The molecule has 0 fully saturated rings. The van der Waals surface area contributed by atoms with Crippen molar-refractivity contribution in [2.75, 3.05) is 10.6 Å². The average Bonchev–Trinajstić information content (AvgIpc) is 2.63. The number of carbonyl (C=O) groups excluding carboxylic acids is 1. The Balaban J connectivity index is 1.58. The number of aromatic nitrogens is 1. The predicted molar refractivity (Wildman–Crippen MR) is 102 cm³/mol. The molecule has 3 rings (SSSR count). The summed E-state index contributed by atoms with van der Waals surface area (Å²) in [5.41, 5.74) is 4.33. The Morgan fingerprint density at radius 1 is 0.960 bits per heavy atom. The molecule has 25 heavy (non-hydrogen) atoms. The molecule has 2 N–H and O–H groups in total. The lowest BCUT2D eigenvalue weighted by molar-refractivity contribution is 0.102. The van der Waals surface area contributed by atoms with Gasteiger partial charge in [0.1, 0.15) is 5.69 Å². The quantitative estimate of drug-likeness (QED) is 0.686. The van der Waals surface area contributed by atoms with Crippen molar-refractivity contribution < 1.29 is 4.79 Å². The highest BCUT2D eigenvalue weighted by atomic mass is 35.5. The zero-order valence-corrected chi connectivity index (χ0v) is 14.5. The minimum Gasteiger partial charge on any atom is -0.380 e. The lowest BCUT2D eigenvalue weighted by Crippen LogP contribution is -2.13. The van der Waals surface area contributed by atoms with Crippen LogP contribution in [0.15, 0.2) is 66.9 Å². The molecular weight excluding hydrogens is 334 g/mol. The number of nitrogens with one attached hydrogen (secondary N) is 2. The Labute approximate surface area is 151 Å². The van der Waals surface area contributed by atoms with Gasteiger partial charge in [0.25, 0.3) is 5.91 Å². The lowest BCUT2D eigenvalue weighted by atomic mass is 10.1. The van der Waals surface area contributed by atoms with Crippen LogP contribution in [0.4, 0.5) is 11.4 Å². The molecule has 0 saturated heterocycles. The van der Waals surface area contributed by atoms with Gasteiger partial charge in [-0.2, -0.15) is 0 Å². The Hall–Kier alpha value is -2.85. The molecule has 0 saturated carbocycles. The van der Waals surface area contributed by atoms with Gasteiger partial charge in [0.15, 0.2) is 0 Å². The van der Waals surface area contributed by atoms with Crippen LogP contribution in [-0.4, -0.2) is 10.9 Å². The Morgan fingerprint density at radius 2 is 1.64 bits per heavy atom. The van der Waals surface area contributed by atoms with Gasteiger partial charge in [-0.1, -0.05) is 41.4 Å². The van der Waals surface area contributed by atoms with Gasteiger partial charge in [-0.3, -0.25) is 4.79 Å². The highest BCUT2D eigenvalue weighted by Crippen LogP contribution is 2.15. The smallest absolute Gasteiger partial charge is 0.274 e. The number of aryl methyl sites for hydroxylation is 1. The van der Waals surface area contributed by atoms with Crippen molar-refractivity contribution >= 4 is 28.9 Å². The van der Waals surface area contributed by atoms with E-state index >= 15 is 0 Å². The van der Waals surface area contributed by atoms with E-state index in [0.717, 1.165) is 5.69 Å². The number of pyridine rings is 1. The number of hydrogen-bond donors (Lipinski definition) is 2. The highest BCUT2D eigenvalue weighted by molar-refractivity contribution is 6.30. The van der Waals surface area contributed by atoms with E-state index in [0.29, 0.717) is 22.9 Å². The summed E-state index contributed by atoms with van der Waals surface area (Å²) in [5, 5.41) is 6.71. The fraction of sp³-hybridized carbons (Fsp3) is 0.100. The average molecular weight is 352 g/mol. The number of nitrogens with zero attached hydrogens (tertiary/aromatic N) is 1. The SMILES string of the molecule is Cc1ccc(CNc2ccc(C(=O)Nc3ccc(Cl)cc3)nc2)cc1. The van der Waals surface area contributed by atoms with E-state index in [1.807, 2.05) is 6.07 Å². The van der Waals surface area contributed by atoms with Gasteiger partial charge in [0, 0.05) is 17.3 Å². The molecule has 3 aromatic rings. The summed E-state index contributed by atoms with van der Waals surface area (Å²) in [7, 11) is 0. The first-order valence-corrected chi connectivity index (χ1v) is 8.30. The number of hydrogen-bond acceptors (Lipinski definition) is 3. The van der Waals surface area contributed by atoms with Crippen LogP contribution in [0.25, 0.3) is 0 Å². The maximum absolute atomic E-state index is 12.2. The van der Waals surface area contributed by atoms with Crippen molar-refractivity contribution in [2.24, 2.45) is 0 Å². The van der Waals surface area contributed by atoms with Gasteiger partial charge in [0.05, 0.1) is 11.9 Å². The third-order valence-electron chi connectivity index (χ3n) is 3.72. The molecule has 0 bridgehead atoms. The Kier molecular flexibility index (Phi) is 5.31. The van der Waals surface area contributed by atoms with Crippen LogP contribution in [0.1, 0.15) is 21.6 Å². The van der Waals surface area contributed by atoms with Gasteiger partial charge < -0.3 is 10.6 Å². The topological polar surface area (TPSA) is 54.0 Å². The van der Waals surface area contributed by atoms with Crippen molar-refractivity contribution in [3.05, 3.63) is 88.7 Å². The summed E-state index contributed by atoms with van der Waals surface area (Å²) < 4.78 is 0. The molecule has 1 heterocycles. The monoisotopic (exact) mass is 351 g/mol. The maximum atomic E-state index is 12.2. The summed E-state index contributed by atoms with van der Waals surface area (Å²) >= 11 is 5.83. The standard InChI is InChI=1S/C20H18ClN3O/c1-14-2-4-15(5-3-14)12-22-18-10-11-19(23-13-18)20(25)24-17-8-6-16(21)7-9-17/h2-11,13,22H,12H2,1H3,(H,24,25). The van der Waals surface area contributed by atoms with Crippen molar-refractivity contribution in [3.63, 3.8) is 0 Å². The van der Waals surface area contributed by atoms with Crippen molar-refractivity contribution in [1.82, 2.24) is 4.98 Å². The van der Waals surface area contributed by atoms with Crippen LogP contribution in [-0.2, 0) is 6.54 Å². The molecule has 4 nitrogen and oxygen atoms in total. The second-order valence-corrected chi connectivity index (χ2v) is 6.17. The Morgan fingerprint density at radius 3 is 2.28 bits per heavy atom. The van der Waals surface area contributed by atoms with Crippen LogP contribution in [0.5, 0.6) is 0 Å². The molecule has 0 aliphatic rings. The first-order chi connectivity index (χ1) is 12.1. The first kappa shape index (κ1) is 17.0. The lowest BCUT2D eigenvalue weighted by Gasteiger charge is -2.08. The van der Waals surface area contributed by atoms with Crippen LogP contribution >= 0.6 is 11.6 Å². The zero-order valence-electron chi connectivity index (χ0n) is 13.8. The van der Waals surface area contributed by atoms with E-state index < -0.39 is 0 Å². The van der Waals surface area contributed by atoms with Gasteiger partial charge in [-0.05, 0) is 48.9 Å². The second-order valence-electron chi connectivity index (χ2n) is 5.73. The normalized spacial score (nSPS) is 10.3. The maximum Gasteiger partial charge on any atom is 0.274 e. The molecule has 0 radical (unpaired) electrons. The number of amides is 1. The van der Waals surface area contributed by atoms with Crippen molar-refractivity contribution in [2.45, 2.75) is 13.5 Å². The number of carbonyl (C=O) groups is 1. The van der Waals surface area contributed by atoms with Crippen LogP contribution in [0.2, 0.25) is 5.02 Å². The Bertz CT molecular complexity index is 844. The fourth-order valence-corrected chi connectivity index (χ4v) is 2.40. The molecule has 0 spiro atoms. The van der Waals surface area contributed by atoms with E-state index in [-0.39, 0.29) is 5.91 Å². The fourth-order valence-electron chi connectivity index (χ4n) is 2.27. The second kappa shape index (κ2) is 7.81.